The molecule has 4 unspecified atom stereocenters. The molecule has 0 radical (unpaired) electrons. The van der Waals surface area contributed by atoms with Crippen molar-refractivity contribution in [2.75, 3.05) is 6.61 Å². The third-order valence-electron chi connectivity index (χ3n) is 4.14. The molecule has 1 aliphatic heterocycles. The SMILES string of the molecule is CC1CC(C)(C)CC1NC1CCOC1C. The normalized spacial score (nSPS) is 44.8. The summed E-state index contributed by atoms with van der Waals surface area (Å²) in [7, 11) is 0. The summed E-state index contributed by atoms with van der Waals surface area (Å²) in [4.78, 5) is 0. The highest BCUT2D eigenvalue weighted by molar-refractivity contribution is 4.94. The van der Waals surface area contributed by atoms with Gasteiger partial charge >= 0.3 is 0 Å². The van der Waals surface area contributed by atoms with Gasteiger partial charge in [-0.2, -0.15) is 0 Å². The molecule has 2 rings (SSSR count). The summed E-state index contributed by atoms with van der Waals surface area (Å²) in [6.45, 7) is 10.3. The second-order valence-electron chi connectivity index (χ2n) is 6.29. The molecule has 1 heterocycles. The van der Waals surface area contributed by atoms with E-state index in [1.54, 1.807) is 0 Å². The molecule has 1 saturated heterocycles. The Morgan fingerprint density at radius 3 is 2.33 bits per heavy atom. The van der Waals surface area contributed by atoms with Crippen molar-refractivity contribution in [3.8, 4) is 0 Å². The van der Waals surface area contributed by atoms with Crippen LogP contribution in [-0.2, 0) is 4.74 Å². The van der Waals surface area contributed by atoms with Crippen molar-refractivity contribution in [2.45, 2.75) is 65.1 Å². The van der Waals surface area contributed by atoms with Crippen molar-refractivity contribution < 1.29 is 4.74 Å². The maximum absolute atomic E-state index is 5.60. The minimum absolute atomic E-state index is 0.404. The summed E-state index contributed by atoms with van der Waals surface area (Å²) in [5.41, 5.74) is 0.528. The highest BCUT2D eigenvalue weighted by atomic mass is 16.5. The highest BCUT2D eigenvalue weighted by Crippen LogP contribution is 2.41. The lowest BCUT2D eigenvalue weighted by molar-refractivity contribution is 0.109. The largest absolute Gasteiger partial charge is 0.377 e. The van der Waals surface area contributed by atoms with Crippen LogP contribution in [-0.4, -0.2) is 24.8 Å². The average Bonchev–Trinajstić information content (AvgIpc) is 2.59. The minimum atomic E-state index is 0.404. The maximum atomic E-state index is 5.60. The summed E-state index contributed by atoms with van der Waals surface area (Å²) in [5.74, 6) is 0.813. The molecule has 1 saturated carbocycles. The molecule has 2 heteroatoms. The number of hydrogen-bond acceptors (Lipinski definition) is 2. The smallest absolute Gasteiger partial charge is 0.0700 e. The van der Waals surface area contributed by atoms with Crippen LogP contribution in [0.5, 0.6) is 0 Å². The van der Waals surface area contributed by atoms with E-state index in [0.717, 1.165) is 12.5 Å². The predicted octanol–water partition coefficient (Wildman–Crippen LogP) is 2.58. The van der Waals surface area contributed by atoms with Crippen molar-refractivity contribution in [1.29, 1.82) is 0 Å². The van der Waals surface area contributed by atoms with Crippen molar-refractivity contribution in [3.63, 3.8) is 0 Å². The Hall–Kier alpha value is -0.0800. The molecular formula is C13H25NO. The third-order valence-corrected chi connectivity index (χ3v) is 4.14. The van der Waals surface area contributed by atoms with E-state index in [9.17, 15) is 0 Å². The first kappa shape index (κ1) is 11.4. The fourth-order valence-electron chi connectivity index (χ4n) is 3.34. The summed E-state index contributed by atoms with van der Waals surface area (Å²) in [5, 5.41) is 3.81. The summed E-state index contributed by atoms with van der Waals surface area (Å²) in [6.07, 6.45) is 4.26. The molecule has 2 fully saturated rings. The number of ether oxygens (including phenoxy) is 1. The van der Waals surface area contributed by atoms with Gasteiger partial charge in [0.15, 0.2) is 0 Å². The zero-order valence-corrected chi connectivity index (χ0v) is 10.5. The Morgan fingerprint density at radius 2 is 1.87 bits per heavy atom. The summed E-state index contributed by atoms with van der Waals surface area (Å²) < 4.78 is 5.60. The van der Waals surface area contributed by atoms with E-state index in [0.29, 0.717) is 23.6 Å². The lowest BCUT2D eigenvalue weighted by Gasteiger charge is -2.24. The van der Waals surface area contributed by atoms with E-state index in [1.165, 1.54) is 19.3 Å². The molecule has 15 heavy (non-hydrogen) atoms. The zero-order chi connectivity index (χ0) is 11.1. The summed E-state index contributed by atoms with van der Waals surface area (Å²) in [6, 6.07) is 1.29. The minimum Gasteiger partial charge on any atom is -0.377 e. The van der Waals surface area contributed by atoms with Crippen LogP contribution in [0.3, 0.4) is 0 Å². The van der Waals surface area contributed by atoms with Crippen LogP contribution in [0.1, 0.15) is 47.0 Å². The second kappa shape index (κ2) is 4.06. The molecule has 4 atom stereocenters. The first-order chi connectivity index (χ1) is 6.98. The molecule has 88 valence electrons. The highest BCUT2D eigenvalue weighted by Gasteiger charge is 2.38. The molecule has 1 N–H and O–H groups in total. The van der Waals surface area contributed by atoms with E-state index < -0.39 is 0 Å². The van der Waals surface area contributed by atoms with E-state index in [2.05, 4.69) is 33.0 Å². The first-order valence-electron chi connectivity index (χ1n) is 6.35. The van der Waals surface area contributed by atoms with Crippen LogP contribution < -0.4 is 5.32 Å². The van der Waals surface area contributed by atoms with E-state index >= 15 is 0 Å². The van der Waals surface area contributed by atoms with Crippen LogP contribution in [0.15, 0.2) is 0 Å². The van der Waals surface area contributed by atoms with Crippen LogP contribution in [0.2, 0.25) is 0 Å². The fourth-order valence-corrected chi connectivity index (χ4v) is 3.34. The fraction of sp³-hybridized carbons (Fsp3) is 1.00. The standard InChI is InChI=1S/C13H25NO/c1-9-7-13(3,4)8-12(9)14-11-5-6-15-10(11)2/h9-12,14H,5-8H2,1-4H3. The number of hydrogen-bond donors (Lipinski definition) is 1. The quantitative estimate of drug-likeness (QED) is 0.758. The van der Waals surface area contributed by atoms with E-state index in [-0.39, 0.29) is 0 Å². The van der Waals surface area contributed by atoms with Crippen molar-refractivity contribution in [2.24, 2.45) is 11.3 Å². The Morgan fingerprint density at radius 1 is 1.13 bits per heavy atom. The maximum Gasteiger partial charge on any atom is 0.0700 e. The lowest BCUT2D eigenvalue weighted by atomic mass is 9.91. The molecule has 2 nitrogen and oxygen atoms in total. The van der Waals surface area contributed by atoms with Gasteiger partial charge in [-0.15, -0.1) is 0 Å². The van der Waals surface area contributed by atoms with E-state index in [4.69, 9.17) is 4.74 Å². The molecule has 0 spiro atoms. The summed E-state index contributed by atoms with van der Waals surface area (Å²) >= 11 is 0. The van der Waals surface area contributed by atoms with Gasteiger partial charge in [0.1, 0.15) is 0 Å². The van der Waals surface area contributed by atoms with Crippen LogP contribution in [0.4, 0.5) is 0 Å². The van der Waals surface area contributed by atoms with Crippen LogP contribution in [0.25, 0.3) is 0 Å². The molecular weight excluding hydrogens is 186 g/mol. The van der Waals surface area contributed by atoms with Crippen LogP contribution >= 0.6 is 0 Å². The van der Waals surface area contributed by atoms with E-state index in [1.807, 2.05) is 0 Å². The molecule has 2 aliphatic rings. The zero-order valence-electron chi connectivity index (χ0n) is 10.5. The lowest BCUT2D eigenvalue weighted by Crippen LogP contribution is -2.43. The van der Waals surface area contributed by atoms with Crippen molar-refractivity contribution >= 4 is 0 Å². The van der Waals surface area contributed by atoms with Gasteiger partial charge in [0.05, 0.1) is 6.10 Å². The average molecular weight is 211 g/mol. The topological polar surface area (TPSA) is 21.3 Å². The second-order valence-corrected chi connectivity index (χ2v) is 6.29. The Bertz CT molecular complexity index is 227. The van der Waals surface area contributed by atoms with Gasteiger partial charge < -0.3 is 10.1 Å². The molecule has 0 aromatic carbocycles. The Kier molecular flexibility index (Phi) is 3.09. The number of nitrogens with one attached hydrogen (secondary N) is 1. The Labute approximate surface area is 93.8 Å². The Balaban J connectivity index is 1.89. The molecule has 0 aromatic rings. The van der Waals surface area contributed by atoms with Gasteiger partial charge in [0.2, 0.25) is 0 Å². The van der Waals surface area contributed by atoms with Gasteiger partial charge in [0.25, 0.3) is 0 Å². The molecule has 0 aromatic heterocycles. The van der Waals surface area contributed by atoms with Crippen LogP contribution in [0, 0.1) is 11.3 Å². The first-order valence-corrected chi connectivity index (χ1v) is 6.35. The molecule has 0 bridgehead atoms. The van der Waals surface area contributed by atoms with Crippen molar-refractivity contribution in [3.05, 3.63) is 0 Å². The van der Waals surface area contributed by atoms with Gasteiger partial charge in [-0.05, 0) is 37.5 Å². The third kappa shape index (κ3) is 2.54. The monoisotopic (exact) mass is 211 g/mol. The van der Waals surface area contributed by atoms with Gasteiger partial charge in [0, 0.05) is 18.7 Å². The van der Waals surface area contributed by atoms with Gasteiger partial charge in [-0.3, -0.25) is 0 Å². The van der Waals surface area contributed by atoms with Gasteiger partial charge in [-0.1, -0.05) is 20.8 Å². The molecule has 0 amide bonds. The van der Waals surface area contributed by atoms with Crippen molar-refractivity contribution in [1.82, 2.24) is 5.32 Å². The number of rotatable bonds is 2. The molecule has 1 aliphatic carbocycles. The predicted molar refractivity (Wildman–Crippen MR) is 62.9 cm³/mol. The van der Waals surface area contributed by atoms with Gasteiger partial charge in [-0.25, -0.2) is 0 Å².